The van der Waals surface area contributed by atoms with Crippen LogP contribution in [0.5, 0.6) is 5.75 Å². The second-order valence-electron chi connectivity index (χ2n) is 7.10. The fraction of sp³-hybridized carbons (Fsp3) is 0.474. The van der Waals surface area contributed by atoms with Gasteiger partial charge in [0, 0.05) is 31.9 Å². The first-order valence-electron chi connectivity index (χ1n) is 9.10. The summed E-state index contributed by atoms with van der Waals surface area (Å²) < 4.78 is 25.7. The lowest BCUT2D eigenvalue weighted by Gasteiger charge is -2.34. The van der Waals surface area contributed by atoms with Crippen molar-refractivity contribution in [1.29, 1.82) is 0 Å². The van der Waals surface area contributed by atoms with Crippen molar-refractivity contribution in [2.45, 2.75) is 31.9 Å². The maximum atomic E-state index is 15.0. The van der Waals surface area contributed by atoms with Crippen LogP contribution in [0.3, 0.4) is 0 Å². The molecule has 0 spiro atoms. The number of halogens is 1. The number of carbonyl (C=O) groups excluding carboxylic acids is 1. The highest BCUT2D eigenvalue weighted by molar-refractivity contribution is 5.97. The number of rotatable bonds is 4. The second-order valence-corrected chi connectivity index (χ2v) is 7.10. The summed E-state index contributed by atoms with van der Waals surface area (Å²) in [4.78, 5) is 29.8. The van der Waals surface area contributed by atoms with Crippen molar-refractivity contribution in [2.75, 3.05) is 31.6 Å². The molecule has 144 valence electrons. The molecule has 2 aromatic rings. The SMILES string of the molecule is COc1c(N2CCNC(C)C2)c(F)cc2c(=O)c(C(=O)OC3CC3)c[nH]c12. The molecule has 7 nitrogen and oxygen atoms in total. The summed E-state index contributed by atoms with van der Waals surface area (Å²) in [7, 11) is 1.44. The van der Waals surface area contributed by atoms with Crippen LogP contribution in [0.4, 0.5) is 10.1 Å². The van der Waals surface area contributed by atoms with E-state index in [4.69, 9.17) is 9.47 Å². The van der Waals surface area contributed by atoms with Gasteiger partial charge in [-0.05, 0) is 25.8 Å². The maximum absolute atomic E-state index is 15.0. The van der Waals surface area contributed by atoms with Gasteiger partial charge in [-0.2, -0.15) is 0 Å². The van der Waals surface area contributed by atoms with Gasteiger partial charge in [0.2, 0.25) is 5.43 Å². The van der Waals surface area contributed by atoms with E-state index < -0.39 is 17.2 Å². The summed E-state index contributed by atoms with van der Waals surface area (Å²) in [6, 6.07) is 1.38. The van der Waals surface area contributed by atoms with Gasteiger partial charge in [0.1, 0.15) is 17.4 Å². The van der Waals surface area contributed by atoms with Gasteiger partial charge in [-0.15, -0.1) is 0 Å². The number of hydrogen-bond acceptors (Lipinski definition) is 6. The Kier molecular flexibility index (Phi) is 4.51. The number of aromatic amines is 1. The largest absolute Gasteiger partial charge is 0.492 e. The van der Waals surface area contributed by atoms with Crippen LogP contribution >= 0.6 is 0 Å². The van der Waals surface area contributed by atoms with Gasteiger partial charge in [0.05, 0.1) is 18.0 Å². The lowest BCUT2D eigenvalue weighted by molar-refractivity contribution is 0.0470. The van der Waals surface area contributed by atoms with Crippen LogP contribution in [0.2, 0.25) is 0 Å². The van der Waals surface area contributed by atoms with E-state index in [1.807, 2.05) is 11.8 Å². The zero-order chi connectivity index (χ0) is 19.1. The average Bonchev–Trinajstić information content (AvgIpc) is 3.45. The Bertz CT molecular complexity index is 954. The van der Waals surface area contributed by atoms with E-state index in [0.29, 0.717) is 24.3 Å². The number of hydrogen-bond donors (Lipinski definition) is 2. The smallest absolute Gasteiger partial charge is 0.343 e. The maximum Gasteiger partial charge on any atom is 0.343 e. The number of nitrogens with zero attached hydrogens (tertiary/aromatic N) is 1. The number of anilines is 1. The number of H-pyrrole nitrogens is 1. The number of methoxy groups -OCH3 is 1. The molecule has 1 aromatic heterocycles. The van der Waals surface area contributed by atoms with Crippen LogP contribution in [0.1, 0.15) is 30.1 Å². The van der Waals surface area contributed by atoms with E-state index in [-0.39, 0.29) is 28.8 Å². The van der Waals surface area contributed by atoms with Gasteiger partial charge < -0.3 is 24.7 Å². The number of fused-ring (bicyclic) bond motifs is 1. The molecule has 1 aliphatic carbocycles. The molecule has 1 saturated heterocycles. The van der Waals surface area contributed by atoms with Gasteiger partial charge >= 0.3 is 5.97 Å². The number of benzene rings is 1. The molecule has 8 heteroatoms. The van der Waals surface area contributed by atoms with E-state index >= 15 is 4.39 Å². The van der Waals surface area contributed by atoms with Crippen LogP contribution in [0, 0.1) is 5.82 Å². The van der Waals surface area contributed by atoms with E-state index in [9.17, 15) is 9.59 Å². The highest BCUT2D eigenvalue weighted by Gasteiger charge is 2.29. The van der Waals surface area contributed by atoms with Gasteiger partial charge in [-0.1, -0.05) is 0 Å². The fourth-order valence-electron chi connectivity index (χ4n) is 3.47. The van der Waals surface area contributed by atoms with E-state index in [1.54, 1.807) is 0 Å². The van der Waals surface area contributed by atoms with Gasteiger partial charge in [0.25, 0.3) is 0 Å². The number of pyridine rings is 1. The van der Waals surface area contributed by atoms with Crippen molar-refractivity contribution >= 4 is 22.6 Å². The summed E-state index contributed by atoms with van der Waals surface area (Å²) >= 11 is 0. The third-order valence-corrected chi connectivity index (χ3v) is 4.97. The molecular formula is C19H22FN3O4. The molecule has 1 unspecified atom stereocenters. The van der Waals surface area contributed by atoms with Gasteiger partial charge in [0.15, 0.2) is 11.6 Å². The first kappa shape index (κ1) is 17.8. The Morgan fingerprint density at radius 2 is 2.15 bits per heavy atom. The molecule has 2 aliphatic rings. The zero-order valence-corrected chi connectivity index (χ0v) is 15.3. The summed E-state index contributed by atoms with van der Waals surface area (Å²) in [5.74, 6) is -0.968. The van der Waals surface area contributed by atoms with Crippen molar-refractivity contribution in [2.24, 2.45) is 0 Å². The van der Waals surface area contributed by atoms with Crippen LogP contribution < -0.4 is 20.4 Å². The molecule has 0 radical (unpaired) electrons. The van der Waals surface area contributed by atoms with Gasteiger partial charge in [-0.3, -0.25) is 4.79 Å². The highest BCUT2D eigenvalue weighted by Crippen LogP contribution is 2.37. The predicted octanol–water partition coefficient (Wildman–Crippen LogP) is 1.79. The molecule has 0 bridgehead atoms. The number of ether oxygens (including phenoxy) is 2. The van der Waals surface area contributed by atoms with Crippen molar-refractivity contribution in [3.63, 3.8) is 0 Å². The topological polar surface area (TPSA) is 83.7 Å². The Labute approximate surface area is 155 Å². The minimum absolute atomic E-state index is 0.0709. The predicted molar refractivity (Wildman–Crippen MR) is 99.2 cm³/mol. The van der Waals surface area contributed by atoms with Crippen LogP contribution in [-0.4, -0.2) is 49.8 Å². The Hall–Kier alpha value is -2.61. The normalized spacial score (nSPS) is 20.0. The van der Waals surface area contributed by atoms with Crippen molar-refractivity contribution in [1.82, 2.24) is 10.3 Å². The third-order valence-electron chi connectivity index (χ3n) is 4.97. The monoisotopic (exact) mass is 375 g/mol. The lowest BCUT2D eigenvalue weighted by atomic mass is 10.1. The minimum Gasteiger partial charge on any atom is -0.492 e. The first-order valence-corrected chi connectivity index (χ1v) is 9.10. The molecule has 27 heavy (non-hydrogen) atoms. The Morgan fingerprint density at radius 1 is 1.37 bits per heavy atom. The van der Waals surface area contributed by atoms with Crippen LogP contribution in [0.15, 0.2) is 17.1 Å². The van der Waals surface area contributed by atoms with Crippen molar-refractivity contribution in [3.8, 4) is 5.75 Å². The zero-order valence-electron chi connectivity index (χ0n) is 15.3. The lowest BCUT2D eigenvalue weighted by Crippen LogP contribution is -2.49. The number of carbonyl (C=O) groups is 1. The minimum atomic E-state index is -0.681. The first-order chi connectivity index (χ1) is 13.0. The summed E-state index contributed by atoms with van der Waals surface area (Å²) in [5.41, 5.74) is 0.00147. The molecule has 2 heterocycles. The average molecular weight is 375 g/mol. The molecule has 2 N–H and O–H groups in total. The molecule has 1 atom stereocenters. The summed E-state index contributed by atoms with van der Waals surface area (Å²) in [5, 5.41) is 3.38. The molecule has 4 rings (SSSR count). The standard InChI is InChI=1S/C19H22FN3O4/c1-10-9-23(6-5-21-10)16-14(20)7-12-15(18(16)26-2)22-8-13(17(12)24)19(25)27-11-3-4-11/h7-8,10-11,21H,3-6,9H2,1-2H3,(H,22,24). The molecule has 1 aliphatic heterocycles. The quantitative estimate of drug-likeness (QED) is 0.793. The number of piperazine rings is 1. The highest BCUT2D eigenvalue weighted by atomic mass is 19.1. The van der Waals surface area contributed by atoms with E-state index in [0.717, 1.165) is 19.4 Å². The molecular weight excluding hydrogens is 353 g/mol. The molecule has 1 saturated carbocycles. The molecule has 0 amide bonds. The Balaban J connectivity index is 1.82. The number of esters is 1. The second kappa shape index (κ2) is 6.84. The van der Waals surface area contributed by atoms with Crippen LogP contribution in [-0.2, 0) is 4.74 Å². The fourth-order valence-corrected chi connectivity index (χ4v) is 3.47. The molecule has 1 aromatic carbocycles. The third kappa shape index (κ3) is 3.25. The van der Waals surface area contributed by atoms with Crippen molar-refractivity contribution in [3.05, 3.63) is 33.9 Å². The van der Waals surface area contributed by atoms with Crippen molar-refractivity contribution < 1.29 is 18.7 Å². The summed E-state index contributed by atoms with van der Waals surface area (Å²) in [6.07, 6.45) is 2.83. The van der Waals surface area contributed by atoms with E-state index in [1.165, 1.54) is 19.4 Å². The molecule has 2 fully saturated rings. The summed E-state index contributed by atoms with van der Waals surface area (Å²) in [6.45, 7) is 4.00. The van der Waals surface area contributed by atoms with Crippen LogP contribution in [0.25, 0.3) is 10.9 Å². The number of aromatic nitrogens is 1. The van der Waals surface area contributed by atoms with Gasteiger partial charge in [-0.25, -0.2) is 9.18 Å². The van der Waals surface area contributed by atoms with E-state index in [2.05, 4.69) is 10.3 Å². The number of nitrogens with one attached hydrogen (secondary N) is 2. The Morgan fingerprint density at radius 3 is 2.81 bits per heavy atom.